The van der Waals surface area contributed by atoms with Crippen molar-refractivity contribution >= 4 is 23.2 Å². The molecule has 7 heteroatoms. The van der Waals surface area contributed by atoms with Gasteiger partial charge in [-0.05, 0) is 37.1 Å². The van der Waals surface area contributed by atoms with Crippen molar-refractivity contribution in [2.24, 2.45) is 0 Å². The average Bonchev–Trinajstić information content (AvgIpc) is 3.24. The number of piperazine rings is 1. The normalized spacial score (nSPS) is 20.2. The highest BCUT2D eigenvalue weighted by Crippen LogP contribution is 2.19. The number of para-hydroxylation sites is 1. The first-order chi connectivity index (χ1) is 12.8. The number of nitrogens with one attached hydrogen (secondary N) is 1. The zero-order chi connectivity index (χ0) is 17.8. The highest BCUT2D eigenvalue weighted by Gasteiger charge is 2.30. The number of hydrogen-bond donors (Lipinski definition) is 1. The maximum absolute atomic E-state index is 12.4. The Hall–Kier alpha value is -2.67. The second-order valence-electron chi connectivity index (χ2n) is 6.58. The van der Waals surface area contributed by atoms with Crippen molar-refractivity contribution in [2.45, 2.75) is 18.9 Å². The molecule has 0 radical (unpaired) electrons. The van der Waals surface area contributed by atoms with E-state index in [0.717, 1.165) is 37.4 Å². The molecule has 0 spiro atoms. The summed E-state index contributed by atoms with van der Waals surface area (Å²) in [7, 11) is 0. The summed E-state index contributed by atoms with van der Waals surface area (Å²) in [4.78, 5) is 16.5. The smallest absolute Gasteiger partial charge is 0.251 e. The molecule has 4 rings (SSSR count). The number of ether oxygens (including phenoxy) is 1. The molecule has 0 bridgehead atoms. The lowest BCUT2D eigenvalue weighted by Crippen LogP contribution is -2.51. The molecule has 3 heterocycles. The first kappa shape index (κ1) is 16.8. The maximum Gasteiger partial charge on any atom is 0.251 e. The van der Waals surface area contributed by atoms with Crippen molar-refractivity contribution in [3.63, 3.8) is 0 Å². The molecule has 1 unspecified atom stereocenters. The van der Waals surface area contributed by atoms with Gasteiger partial charge in [-0.3, -0.25) is 4.79 Å². The first-order valence-corrected chi connectivity index (χ1v) is 9.11. The zero-order valence-corrected chi connectivity index (χ0v) is 14.7. The molecule has 1 aromatic carbocycles. The summed E-state index contributed by atoms with van der Waals surface area (Å²) >= 11 is 0. The Kier molecular flexibility index (Phi) is 4.97. The van der Waals surface area contributed by atoms with Crippen LogP contribution >= 0.6 is 0 Å². The number of anilines is 3. The van der Waals surface area contributed by atoms with E-state index in [-0.39, 0.29) is 12.0 Å². The predicted molar refractivity (Wildman–Crippen MR) is 99.5 cm³/mol. The zero-order valence-electron chi connectivity index (χ0n) is 14.7. The molecule has 2 aromatic rings. The van der Waals surface area contributed by atoms with Crippen LogP contribution in [-0.4, -0.2) is 59.9 Å². The Balaban J connectivity index is 1.32. The monoisotopic (exact) mass is 353 g/mol. The summed E-state index contributed by atoms with van der Waals surface area (Å²) < 4.78 is 5.51. The summed E-state index contributed by atoms with van der Waals surface area (Å²) in [5, 5.41) is 11.8. The summed E-state index contributed by atoms with van der Waals surface area (Å²) in [5.41, 5.74) is 0.982. The molecule has 2 aliphatic rings. The van der Waals surface area contributed by atoms with Gasteiger partial charge in [0.2, 0.25) is 0 Å². The standard InChI is InChI=1S/C19H23N5O2/c25-19(16-7-4-14-26-16)24-12-10-23(11-13-24)18-9-8-17(21-22-18)20-15-5-2-1-3-6-15/h1-3,5-6,8-9,16H,4,7,10-14H2,(H,20,21). The van der Waals surface area contributed by atoms with Crippen LogP contribution in [0.1, 0.15) is 12.8 Å². The third kappa shape index (κ3) is 3.77. The summed E-state index contributed by atoms with van der Waals surface area (Å²) in [6.45, 7) is 3.63. The van der Waals surface area contributed by atoms with Gasteiger partial charge in [-0.1, -0.05) is 18.2 Å². The van der Waals surface area contributed by atoms with E-state index in [2.05, 4.69) is 20.4 Å². The molecule has 1 atom stereocenters. The van der Waals surface area contributed by atoms with Gasteiger partial charge in [-0.2, -0.15) is 0 Å². The van der Waals surface area contributed by atoms with E-state index in [4.69, 9.17) is 4.74 Å². The summed E-state index contributed by atoms with van der Waals surface area (Å²) in [5.74, 6) is 1.69. The number of amides is 1. The SMILES string of the molecule is O=C(C1CCCO1)N1CCN(c2ccc(Nc3ccccc3)nn2)CC1. The van der Waals surface area contributed by atoms with Crippen LogP contribution < -0.4 is 10.2 Å². The van der Waals surface area contributed by atoms with E-state index in [0.29, 0.717) is 25.5 Å². The molecule has 26 heavy (non-hydrogen) atoms. The second-order valence-corrected chi connectivity index (χ2v) is 6.58. The Morgan fingerprint density at radius 3 is 2.50 bits per heavy atom. The highest BCUT2D eigenvalue weighted by molar-refractivity contribution is 5.81. The van der Waals surface area contributed by atoms with Crippen LogP contribution in [-0.2, 0) is 9.53 Å². The van der Waals surface area contributed by atoms with Crippen molar-refractivity contribution in [3.8, 4) is 0 Å². The van der Waals surface area contributed by atoms with Gasteiger partial charge in [0.1, 0.15) is 6.10 Å². The topological polar surface area (TPSA) is 70.6 Å². The average molecular weight is 353 g/mol. The van der Waals surface area contributed by atoms with Crippen LogP contribution in [0.5, 0.6) is 0 Å². The second kappa shape index (κ2) is 7.70. The van der Waals surface area contributed by atoms with Crippen molar-refractivity contribution in [1.29, 1.82) is 0 Å². The van der Waals surface area contributed by atoms with Gasteiger partial charge in [0, 0.05) is 38.5 Å². The van der Waals surface area contributed by atoms with Crippen LogP contribution in [0.15, 0.2) is 42.5 Å². The van der Waals surface area contributed by atoms with Crippen molar-refractivity contribution in [1.82, 2.24) is 15.1 Å². The van der Waals surface area contributed by atoms with Crippen molar-refractivity contribution in [3.05, 3.63) is 42.5 Å². The first-order valence-electron chi connectivity index (χ1n) is 9.11. The Morgan fingerprint density at radius 2 is 1.85 bits per heavy atom. The number of aromatic nitrogens is 2. The molecule has 2 saturated heterocycles. The molecule has 2 fully saturated rings. The van der Waals surface area contributed by atoms with E-state index in [1.807, 2.05) is 47.4 Å². The fourth-order valence-corrected chi connectivity index (χ4v) is 3.36. The van der Waals surface area contributed by atoms with E-state index in [1.54, 1.807) is 0 Å². The van der Waals surface area contributed by atoms with Crippen LogP contribution in [0.3, 0.4) is 0 Å². The van der Waals surface area contributed by atoms with E-state index >= 15 is 0 Å². The minimum atomic E-state index is -0.232. The van der Waals surface area contributed by atoms with Gasteiger partial charge in [0.15, 0.2) is 11.6 Å². The lowest BCUT2D eigenvalue weighted by Gasteiger charge is -2.36. The Bertz CT molecular complexity index is 723. The summed E-state index contributed by atoms with van der Waals surface area (Å²) in [6.07, 6.45) is 1.60. The molecule has 0 saturated carbocycles. The minimum Gasteiger partial charge on any atom is -0.368 e. The molecule has 7 nitrogen and oxygen atoms in total. The number of rotatable bonds is 4. The molecular formula is C19H23N5O2. The lowest BCUT2D eigenvalue weighted by molar-refractivity contribution is -0.141. The van der Waals surface area contributed by atoms with Crippen LogP contribution in [0.2, 0.25) is 0 Å². The predicted octanol–water partition coefficient (Wildman–Crippen LogP) is 2.05. The van der Waals surface area contributed by atoms with Gasteiger partial charge < -0.3 is 19.9 Å². The van der Waals surface area contributed by atoms with Crippen molar-refractivity contribution in [2.75, 3.05) is 43.0 Å². The highest BCUT2D eigenvalue weighted by atomic mass is 16.5. The molecular weight excluding hydrogens is 330 g/mol. The Morgan fingerprint density at radius 1 is 1.04 bits per heavy atom. The molecule has 0 aliphatic carbocycles. The maximum atomic E-state index is 12.4. The van der Waals surface area contributed by atoms with Gasteiger partial charge in [0.25, 0.3) is 5.91 Å². The Labute approximate surface area is 153 Å². The third-order valence-electron chi connectivity index (χ3n) is 4.82. The molecule has 136 valence electrons. The van der Waals surface area contributed by atoms with Crippen LogP contribution in [0, 0.1) is 0 Å². The van der Waals surface area contributed by atoms with Crippen LogP contribution in [0.25, 0.3) is 0 Å². The van der Waals surface area contributed by atoms with E-state index < -0.39 is 0 Å². The largest absolute Gasteiger partial charge is 0.368 e. The van der Waals surface area contributed by atoms with E-state index in [9.17, 15) is 4.79 Å². The number of carbonyl (C=O) groups excluding carboxylic acids is 1. The van der Waals surface area contributed by atoms with Gasteiger partial charge in [-0.25, -0.2) is 0 Å². The van der Waals surface area contributed by atoms with Gasteiger partial charge in [0.05, 0.1) is 0 Å². The minimum absolute atomic E-state index is 0.135. The fraction of sp³-hybridized carbons (Fsp3) is 0.421. The molecule has 1 N–H and O–H groups in total. The van der Waals surface area contributed by atoms with Crippen LogP contribution in [0.4, 0.5) is 17.3 Å². The number of nitrogens with zero attached hydrogens (tertiary/aromatic N) is 4. The lowest BCUT2D eigenvalue weighted by atomic mass is 10.2. The number of hydrogen-bond acceptors (Lipinski definition) is 6. The number of carbonyl (C=O) groups is 1. The molecule has 1 aromatic heterocycles. The van der Waals surface area contributed by atoms with Gasteiger partial charge >= 0.3 is 0 Å². The third-order valence-corrected chi connectivity index (χ3v) is 4.82. The summed E-state index contributed by atoms with van der Waals surface area (Å²) in [6, 6.07) is 13.8. The van der Waals surface area contributed by atoms with Gasteiger partial charge in [-0.15, -0.1) is 10.2 Å². The van der Waals surface area contributed by atoms with E-state index in [1.165, 1.54) is 0 Å². The fourth-order valence-electron chi connectivity index (χ4n) is 3.36. The van der Waals surface area contributed by atoms with Crippen molar-refractivity contribution < 1.29 is 9.53 Å². The molecule has 1 amide bonds. The molecule has 2 aliphatic heterocycles. The number of benzene rings is 1. The quantitative estimate of drug-likeness (QED) is 0.907.